The summed E-state index contributed by atoms with van der Waals surface area (Å²) >= 11 is 3.07. The zero-order valence-corrected chi connectivity index (χ0v) is 10.4. The maximum absolute atomic E-state index is 11.1. The molecule has 0 saturated heterocycles. The normalized spacial score (nSPS) is 10.2. The van der Waals surface area contributed by atoms with Crippen LogP contribution in [0.2, 0.25) is 0 Å². The fourth-order valence-electron chi connectivity index (χ4n) is 1.42. The minimum atomic E-state index is -0.170. The minimum Gasteiger partial charge on any atom is -0.325 e. The van der Waals surface area contributed by atoms with Crippen LogP contribution in [0.1, 0.15) is 0 Å². The summed E-state index contributed by atoms with van der Waals surface area (Å²) in [6, 6.07) is 8.68. The molecule has 0 aliphatic heterocycles. The molecule has 5 nitrogen and oxygen atoms in total. The molecule has 6 heteroatoms. The first kappa shape index (κ1) is 11.7. The van der Waals surface area contributed by atoms with Crippen molar-refractivity contribution < 1.29 is 4.79 Å². The van der Waals surface area contributed by atoms with Gasteiger partial charge in [0.25, 0.3) is 5.56 Å². The number of nitrogens with one attached hydrogen (secondary N) is 3. The zero-order valence-electron chi connectivity index (χ0n) is 8.79. The van der Waals surface area contributed by atoms with Gasteiger partial charge in [-0.3, -0.25) is 19.8 Å². The average Bonchev–Trinajstić information content (AvgIpc) is 2.77. The van der Waals surface area contributed by atoms with E-state index < -0.39 is 0 Å². The maximum Gasteiger partial charge on any atom is 0.264 e. The highest BCUT2D eigenvalue weighted by molar-refractivity contribution is 9.09. The Labute approximate surface area is 105 Å². The van der Waals surface area contributed by atoms with Gasteiger partial charge in [-0.1, -0.05) is 28.1 Å². The van der Waals surface area contributed by atoms with Gasteiger partial charge in [-0.15, -0.1) is 0 Å². The van der Waals surface area contributed by atoms with E-state index in [1.807, 2.05) is 12.1 Å². The number of amides is 1. The molecule has 88 valence electrons. The molecule has 0 spiro atoms. The van der Waals surface area contributed by atoms with Gasteiger partial charge in [-0.05, 0) is 17.7 Å². The number of anilines is 1. The largest absolute Gasteiger partial charge is 0.325 e. The molecular weight excluding hydrogens is 286 g/mol. The molecule has 2 rings (SSSR count). The van der Waals surface area contributed by atoms with Crippen molar-refractivity contribution in [1.29, 1.82) is 0 Å². The molecule has 1 aromatic carbocycles. The average molecular weight is 296 g/mol. The van der Waals surface area contributed by atoms with Crippen molar-refractivity contribution in [2.24, 2.45) is 0 Å². The Morgan fingerprint density at radius 3 is 2.47 bits per heavy atom. The second kappa shape index (κ2) is 5.01. The number of benzene rings is 1. The Morgan fingerprint density at radius 1 is 1.24 bits per heavy atom. The third-order valence-corrected chi connectivity index (χ3v) is 2.71. The van der Waals surface area contributed by atoms with Crippen molar-refractivity contribution in [1.82, 2.24) is 10.2 Å². The van der Waals surface area contributed by atoms with Gasteiger partial charge in [0.15, 0.2) is 0 Å². The van der Waals surface area contributed by atoms with E-state index in [0.717, 1.165) is 11.3 Å². The lowest BCUT2D eigenvalue weighted by molar-refractivity contribution is -0.113. The Hall–Kier alpha value is -1.82. The molecule has 0 aliphatic rings. The van der Waals surface area contributed by atoms with E-state index in [1.165, 1.54) is 6.07 Å². The summed E-state index contributed by atoms with van der Waals surface area (Å²) in [7, 11) is 0. The molecule has 0 atom stereocenters. The van der Waals surface area contributed by atoms with Crippen LogP contribution in [-0.2, 0) is 4.79 Å². The molecule has 1 heterocycles. The molecular formula is C11H10BrN3O2. The third kappa shape index (κ3) is 2.85. The second-order valence-electron chi connectivity index (χ2n) is 3.43. The van der Waals surface area contributed by atoms with Crippen molar-refractivity contribution in [3.05, 3.63) is 40.7 Å². The number of carbonyl (C=O) groups is 1. The van der Waals surface area contributed by atoms with Gasteiger partial charge in [-0.25, -0.2) is 0 Å². The van der Waals surface area contributed by atoms with Crippen LogP contribution in [0.15, 0.2) is 35.1 Å². The van der Waals surface area contributed by atoms with Gasteiger partial charge < -0.3 is 5.32 Å². The van der Waals surface area contributed by atoms with E-state index in [4.69, 9.17) is 0 Å². The Balaban J connectivity index is 2.18. The van der Waals surface area contributed by atoms with Crippen LogP contribution in [0, 0.1) is 0 Å². The number of hydrogen-bond acceptors (Lipinski definition) is 2. The molecule has 0 saturated carbocycles. The summed E-state index contributed by atoms with van der Waals surface area (Å²) < 4.78 is 0. The van der Waals surface area contributed by atoms with Crippen LogP contribution in [0.4, 0.5) is 5.69 Å². The summed E-state index contributed by atoms with van der Waals surface area (Å²) in [6.45, 7) is 0. The van der Waals surface area contributed by atoms with Gasteiger partial charge >= 0.3 is 0 Å². The van der Waals surface area contributed by atoms with E-state index in [2.05, 4.69) is 31.4 Å². The second-order valence-corrected chi connectivity index (χ2v) is 3.99. The fraction of sp³-hybridized carbons (Fsp3) is 0.0909. The molecule has 3 N–H and O–H groups in total. The number of rotatable bonds is 3. The first-order valence-corrected chi connectivity index (χ1v) is 6.05. The standard InChI is InChI=1S/C11H10BrN3O2/c12-6-11(17)13-8-3-1-7(2-4-8)9-5-10(16)15-14-9/h1-5H,6H2,(H,13,17)(H2,14,15,16). The van der Waals surface area contributed by atoms with Crippen molar-refractivity contribution in [2.75, 3.05) is 10.6 Å². The van der Waals surface area contributed by atoms with Gasteiger partial charge in [0.05, 0.1) is 11.0 Å². The molecule has 2 aromatic rings. The van der Waals surface area contributed by atoms with Gasteiger partial charge in [0.2, 0.25) is 5.91 Å². The minimum absolute atomic E-state index is 0.104. The highest BCUT2D eigenvalue weighted by Crippen LogP contribution is 2.17. The van der Waals surface area contributed by atoms with Crippen LogP contribution in [0.25, 0.3) is 11.3 Å². The number of aromatic amines is 2. The fourth-order valence-corrected chi connectivity index (χ4v) is 1.56. The van der Waals surface area contributed by atoms with Crippen LogP contribution >= 0.6 is 15.9 Å². The van der Waals surface area contributed by atoms with Gasteiger partial charge in [-0.2, -0.15) is 0 Å². The summed E-state index contributed by atoms with van der Waals surface area (Å²) in [6.07, 6.45) is 0. The summed E-state index contributed by atoms with van der Waals surface area (Å²) in [5, 5.41) is 8.20. The van der Waals surface area contributed by atoms with Crippen molar-refractivity contribution in [3.63, 3.8) is 0 Å². The van der Waals surface area contributed by atoms with Crippen molar-refractivity contribution in [2.45, 2.75) is 0 Å². The van der Waals surface area contributed by atoms with Crippen LogP contribution in [0.3, 0.4) is 0 Å². The molecule has 1 amide bonds. The monoisotopic (exact) mass is 295 g/mol. The number of alkyl halides is 1. The highest BCUT2D eigenvalue weighted by atomic mass is 79.9. The van der Waals surface area contributed by atoms with E-state index in [9.17, 15) is 9.59 Å². The molecule has 0 radical (unpaired) electrons. The lowest BCUT2D eigenvalue weighted by atomic mass is 10.1. The van der Waals surface area contributed by atoms with E-state index in [1.54, 1.807) is 12.1 Å². The molecule has 17 heavy (non-hydrogen) atoms. The Bertz CT molecular complexity index is 571. The number of carbonyl (C=O) groups excluding carboxylic acids is 1. The molecule has 0 unspecified atom stereocenters. The summed E-state index contributed by atoms with van der Waals surface area (Å²) in [5.41, 5.74) is 2.14. The van der Waals surface area contributed by atoms with Crippen LogP contribution in [-0.4, -0.2) is 21.4 Å². The number of halogens is 1. The van der Waals surface area contributed by atoms with Crippen LogP contribution < -0.4 is 10.9 Å². The van der Waals surface area contributed by atoms with E-state index >= 15 is 0 Å². The highest BCUT2D eigenvalue weighted by Gasteiger charge is 2.02. The molecule has 0 bridgehead atoms. The van der Waals surface area contributed by atoms with Crippen LogP contribution in [0.5, 0.6) is 0 Å². The number of aromatic nitrogens is 2. The van der Waals surface area contributed by atoms with E-state index in [-0.39, 0.29) is 16.8 Å². The Kier molecular flexibility index (Phi) is 3.43. The number of hydrogen-bond donors (Lipinski definition) is 3. The topological polar surface area (TPSA) is 77.8 Å². The lowest BCUT2D eigenvalue weighted by Gasteiger charge is -2.03. The summed E-state index contributed by atoms with van der Waals surface area (Å²) in [4.78, 5) is 22.1. The maximum atomic E-state index is 11.1. The van der Waals surface area contributed by atoms with Crippen molar-refractivity contribution >= 4 is 27.5 Å². The smallest absolute Gasteiger partial charge is 0.264 e. The van der Waals surface area contributed by atoms with Gasteiger partial charge in [0.1, 0.15) is 0 Å². The Morgan fingerprint density at radius 2 is 1.94 bits per heavy atom. The molecule has 1 aromatic heterocycles. The predicted molar refractivity (Wildman–Crippen MR) is 69.3 cm³/mol. The lowest BCUT2D eigenvalue weighted by Crippen LogP contribution is -2.11. The summed E-state index contributed by atoms with van der Waals surface area (Å²) in [5.74, 6) is -0.104. The van der Waals surface area contributed by atoms with Gasteiger partial charge in [0, 0.05) is 11.8 Å². The van der Waals surface area contributed by atoms with E-state index in [0.29, 0.717) is 5.69 Å². The zero-order chi connectivity index (χ0) is 12.3. The predicted octanol–water partition coefficient (Wildman–Crippen LogP) is 1.70. The first-order valence-electron chi connectivity index (χ1n) is 4.93. The SMILES string of the molecule is O=C(CBr)Nc1ccc(-c2cc(=O)[nH][nH]2)cc1. The number of H-pyrrole nitrogens is 2. The quantitative estimate of drug-likeness (QED) is 0.754. The van der Waals surface area contributed by atoms with Crippen molar-refractivity contribution in [3.8, 4) is 11.3 Å². The molecule has 0 aliphatic carbocycles. The third-order valence-electron chi connectivity index (χ3n) is 2.20. The molecule has 0 fully saturated rings. The first-order chi connectivity index (χ1) is 8.19.